The van der Waals surface area contributed by atoms with Crippen LogP contribution in [0.25, 0.3) is 0 Å². The van der Waals surface area contributed by atoms with Gasteiger partial charge in [0.15, 0.2) is 17.3 Å². The molecular weight excluding hydrogens is 340 g/mol. The number of carbonyl (C=O) groups is 2. The first-order valence-corrected chi connectivity index (χ1v) is 8.53. The standard InChI is InChI=1S/C21H20N4O2/c1-13-6-4-9-18(14(13)2)23-21(27)19-10-11-20(25-24-19)22-17-8-5-7-16(12-17)15(3)26/h4-12H,1-3H3,(H,22,25)(H,23,27). The molecule has 6 heteroatoms. The van der Waals surface area contributed by atoms with Gasteiger partial charge in [-0.05, 0) is 62.2 Å². The van der Waals surface area contributed by atoms with Crippen LogP contribution in [0.1, 0.15) is 38.9 Å². The Morgan fingerprint density at radius 3 is 2.41 bits per heavy atom. The van der Waals surface area contributed by atoms with Crippen LogP contribution in [0.5, 0.6) is 0 Å². The number of nitrogens with one attached hydrogen (secondary N) is 2. The molecule has 0 saturated heterocycles. The fraction of sp³-hybridized carbons (Fsp3) is 0.143. The van der Waals surface area contributed by atoms with Crippen molar-refractivity contribution in [3.8, 4) is 0 Å². The van der Waals surface area contributed by atoms with Crippen molar-refractivity contribution in [3.05, 3.63) is 77.0 Å². The fourth-order valence-corrected chi connectivity index (χ4v) is 2.56. The van der Waals surface area contributed by atoms with Gasteiger partial charge < -0.3 is 10.6 Å². The Morgan fingerprint density at radius 2 is 1.70 bits per heavy atom. The van der Waals surface area contributed by atoms with Crippen LogP contribution in [0, 0.1) is 13.8 Å². The predicted molar refractivity (Wildman–Crippen MR) is 106 cm³/mol. The highest BCUT2D eigenvalue weighted by Gasteiger charge is 2.11. The minimum Gasteiger partial charge on any atom is -0.339 e. The Labute approximate surface area is 157 Å². The first-order chi connectivity index (χ1) is 12.9. The van der Waals surface area contributed by atoms with Gasteiger partial charge in [-0.25, -0.2) is 0 Å². The number of aromatic nitrogens is 2. The van der Waals surface area contributed by atoms with Crippen molar-refractivity contribution in [2.24, 2.45) is 0 Å². The minimum absolute atomic E-state index is 0.0109. The zero-order valence-electron chi connectivity index (χ0n) is 15.4. The molecule has 2 N–H and O–H groups in total. The van der Waals surface area contributed by atoms with Crippen LogP contribution in [0.4, 0.5) is 17.2 Å². The SMILES string of the molecule is CC(=O)c1cccc(Nc2ccc(C(=O)Nc3cccc(C)c3C)nn2)c1. The number of anilines is 3. The normalized spacial score (nSPS) is 10.3. The first kappa shape index (κ1) is 18.3. The Balaban J connectivity index is 1.71. The lowest BCUT2D eigenvalue weighted by atomic mass is 10.1. The summed E-state index contributed by atoms with van der Waals surface area (Å²) in [5.41, 5.74) is 4.43. The van der Waals surface area contributed by atoms with Gasteiger partial charge in [0, 0.05) is 16.9 Å². The topological polar surface area (TPSA) is 84.0 Å². The monoisotopic (exact) mass is 360 g/mol. The Bertz CT molecular complexity index is 997. The van der Waals surface area contributed by atoms with Crippen LogP contribution in [0.2, 0.25) is 0 Å². The van der Waals surface area contributed by atoms with E-state index in [1.54, 1.807) is 30.3 Å². The molecule has 1 aromatic heterocycles. The highest BCUT2D eigenvalue weighted by molar-refractivity contribution is 6.03. The van der Waals surface area contributed by atoms with E-state index in [1.165, 1.54) is 6.92 Å². The molecule has 0 fully saturated rings. The number of carbonyl (C=O) groups excluding carboxylic acids is 2. The van der Waals surface area contributed by atoms with Crippen molar-refractivity contribution in [2.45, 2.75) is 20.8 Å². The third-order valence-electron chi connectivity index (χ3n) is 4.29. The smallest absolute Gasteiger partial charge is 0.276 e. The summed E-state index contributed by atoms with van der Waals surface area (Å²) in [6.07, 6.45) is 0. The number of aryl methyl sites for hydroxylation is 1. The van der Waals surface area contributed by atoms with Crippen LogP contribution < -0.4 is 10.6 Å². The Hall–Kier alpha value is -3.54. The van der Waals surface area contributed by atoms with Gasteiger partial charge in [0.25, 0.3) is 5.91 Å². The molecule has 0 aliphatic heterocycles. The van der Waals surface area contributed by atoms with E-state index in [9.17, 15) is 9.59 Å². The van der Waals surface area contributed by atoms with Gasteiger partial charge in [-0.15, -0.1) is 10.2 Å². The fourth-order valence-electron chi connectivity index (χ4n) is 2.56. The summed E-state index contributed by atoms with van der Waals surface area (Å²) in [5, 5.41) is 14.0. The Kier molecular flexibility index (Phi) is 5.26. The lowest BCUT2D eigenvalue weighted by Gasteiger charge is -2.10. The molecule has 0 unspecified atom stereocenters. The van der Waals surface area contributed by atoms with E-state index in [4.69, 9.17) is 0 Å². The maximum atomic E-state index is 12.4. The molecule has 1 amide bonds. The molecule has 6 nitrogen and oxygen atoms in total. The van der Waals surface area contributed by atoms with E-state index in [0.29, 0.717) is 11.4 Å². The molecule has 0 aliphatic rings. The van der Waals surface area contributed by atoms with Gasteiger partial charge in [0.2, 0.25) is 0 Å². The van der Waals surface area contributed by atoms with E-state index >= 15 is 0 Å². The van der Waals surface area contributed by atoms with Crippen LogP contribution in [-0.4, -0.2) is 21.9 Å². The third-order valence-corrected chi connectivity index (χ3v) is 4.29. The number of rotatable bonds is 5. The highest BCUT2D eigenvalue weighted by atomic mass is 16.2. The Morgan fingerprint density at radius 1 is 0.926 bits per heavy atom. The molecular formula is C21H20N4O2. The maximum absolute atomic E-state index is 12.4. The second-order valence-corrected chi connectivity index (χ2v) is 6.27. The molecule has 2 aromatic carbocycles. The van der Waals surface area contributed by atoms with Crippen molar-refractivity contribution in [1.29, 1.82) is 0 Å². The van der Waals surface area contributed by atoms with Crippen molar-refractivity contribution in [3.63, 3.8) is 0 Å². The predicted octanol–water partition coefficient (Wildman–Crippen LogP) is 4.29. The molecule has 3 aromatic rings. The molecule has 27 heavy (non-hydrogen) atoms. The van der Waals surface area contributed by atoms with E-state index < -0.39 is 0 Å². The van der Waals surface area contributed by atoms with Crippen LogP contribution in [0.15, 0.2) is 54.6 Å². The zero-order chi connectivity index (χ0) is 19.4. The summed E-state index contributed by atoms with van der Waals surface area (Å²) in [5.74, 6) is 0.156. The summed E-state index contributed by atoms with van der Waals surface area (Å²) in [4.78, 5) is 23.9. The van der Waals surface area contributed by atoms with Gasteiger partial charge >= 0.3 is 0 Å². The highest BCUT2D eigenvalue weighted by Crippen LogP contribution is 2.19. The number of hydrogen-bond acceptors (Lipinski definition) is 5. The molecule has 0 bridgehead atoms. The zero-order valence-corrected chi connectivity index (χ0v) is 15.4. The van der Waals surface area contributed by atoms with E-state index in [2.05, 4.69) is 20.8 Å². The number of hydrogen-bond donors (Lipinski definition) is 2. The number of amides is 1. The summed E-state index contributed by atoms with van der Waals surface area (Å²) in [6, 6.07) is 16.1. The molecule has 0 aliphatic carbocycles. The first-order valence-electron chi connectivity index (χ1n) is 8.53. The molecule has 0 saturated carbocycles. The summed E-state index contributed by atoms with van der Waals surface area (Å²) < 4.78 is 0. The quantitative estimate of drug-likeness (QED) is 0.663. The minimum atomic E-state index is -0.318. The maximum Gasteiger partial charge on any atom is 0.276 e. The molecule has 0 radical (unpaired) electrons. The van der Waals surface area contributed by atoms with E-state index in [1.807, 2.05) is 38.1 Å². The summed E-state index contributed by atoms with van der Waals surface area (Å²) in [7, 11) is 0. The summed E-state index contributed by atoms with van der Waals surface area (Å²) >= 11 is 0. The second-order valence-electron chi connectivity index (χ2n) is 6.27. The van der Waals surface area contributed by atoms with Gasteiger partial charge in [-0.1, -0.05) is 24.3 Å². The molecule has 3 rings (SSSR count). The number of benzene rings is 2. The van der Waals surface area contributed by atoms with E-state index in [-0.39, 0.29) is 17.4 Å². The molecule has 1 heterocycles. The van der Waals surface area contributed by atoms with Crippen molar-refractivity contribution >= 4 is 28.9 Å². The van der Waals surface area contributed by atoms with Gasteiger partial charge in [-0.3, -0.25) is 9.59 Å². The largest absolute Gasteiger partial charge is 0.339 e. The lowest BCUT2D eigenvalue weighted by molar-refractivity contribution is 0.101. The van der Waals surface area contributed by atoms with Crippen molar-refractivity contribution in [1.82, 2.24) is 10.2 Å². The average Bonchev–Trinajstić information content (AvgIpc) is 2.66. The molecule has 136 valence electrons. The van der Waals surface area contributed by atoms with Crippen LogP contribution >= 0.6 is 0 Å². The average molecular weight is 360 g/mol. The van der Waals surface area contributed by atoms with E-state index in [0.717, 1.165) is 22.5 Å². The number of ketones is 1. The van der Waals surface area contributed by atoms with Crippen molar-refractivity contribution < 1.29 is 9.59 Å². The summed E-state index contributed by atoms with van der Waals surface area (Å²) in [6.45, 7) is 5.47. The van der Waals surface area contributed by atoms with Gasteiger partial charge in [0.1, 0.15) is 0 Å². The lowest BCUT2D eigenvalue weighted by Crippen LogP contribution is -2.15. The third kappa shape index (κ3) is 4.36. The number of Topliss-reactive ketones (excluding diaryl/α,β-unsaturated/α-hetero) is 1. The van der Waals surface area contributed by atoms with Crippen LogP contribution in [0.3, 0.4) is 0 Å². The molecule has 0 spiro atoms. The molecule has 0 atom stereocenters. The second kappa shape index (κ2) is 7.78. The van der Waals surface area contributed by atoms with Gasteiger partial charge in [0.05, 0.1) is 0 Å². The van der Waals surface area contributed by atoms with Gasteiger partial charge in [-0.2, -0.15) is 0 Å². The van der Waals surface area contributed by atoms with Crippen LogP contribution in [-0.2, 0) is 0 Å². The van der Waals surface area contributed by atoms with Crippen molar-refractivity contribution in [2.75, 3.05) is 10.6 Å². The number of nitrogens with zero attached hydrogens (tertiary/aromatic N) is 2.